The van der Waals surface area contributed by atoms with Gasteiger partial charge in [-0.15, -0.1) is 0 Å². The Bertz CT molecular complexity index is 831. The second-order valence-corrected chi connectivity index (χ2v) is 5.03. The van der Waals surface area contributed by atoms with E-state index in [-0.39, 0.29) is 0 Å². The van der Waals surface area contributed by atoms with Crippen LogP contribution in [0, 0.1) is 18.3 Å². The van der Waals surface area contributed by atoms with E-state index in [1.54, 1.807) is 6.07 Å². The van der Waals surface area contributed by atoms with E-state index < -0.39 is 0 Å². The predicted octanol–water partition coefficient (Wildman–Crippen LogP) is 4.03. The molecule has 0 fully saturated rings. The minimum atomic E-state index is 0.431. The van der Waals surface area contributed by atoms with Crippen LogP contribution in [-0.4, -0.2) is 4.98 Å². The quantitative estimate of drug-likeness (QED) is 0.783. The van der Waals surface area contributed by atoms with Crippen molar-refractivity contribution in [3.63, 3.8) is 0 Å². The normalized spacial score (nSPS) is 10.3. The van der Waals surface area contributed by atoms with Gasteiger partial charge in [0.05, 0.1) is 5.52 Å². The summed E-state index contributed by atoms with van der Waals surface area (Å²) < 4.78 is 0. The molecule has 0 aliphatic heterocycles. The summed E-state index contributed by atoms with van der Waals surface area (Å²) in [6, 6.07) is 20.2. The van der Waals surface area contributed by atoms with Crippen molar-refractivity contribution in [3.05, 3.63) is 71.4 Å². The molecule has 0 atom stereocenters. The average Bonchev–Trinajstić information content (AvgIpc) is 2.52. The van der Waals surface area contributed by atoms with Crippen molar-refractivity contribution in [2.45, 2.75) is 13.5 Å². The summed E-state index contributed by atoms with van der Waals surface area (Å²) in [5.41, 5.74) is 4.67. The first-order valence-corrected chi connectivity index (χ1v) is 6.85. The third kappa shape index (κ3) is 2.85. The van der Waals surface area contributed by atoms with Crippen molar-refractivity contribution in [2.24, 2.45) is 0 Å². The highest BCUT2D eigenvalue weighted by atomic mass is 14.9. The van der Waals surface area contributed by atoms with Gasteiger partial charge < -0.3 is 5.32 Å². The fourth-order valence-electron chi connectivity index (χ4n) is 2.40. The molecule has 0 bridgehead atoms. The standard InChI is InChI=1S/C18H15N3/c1-13-5-4-6-14(9-13)12-20-18-10-15(11-19)21-17-8-3-2-7-16(17)18/h2-10H,12H2,1H3,(H,20,21). The first-order valence-electron chi connectivity index (χ1n) is 6.85. The average molecular weight is 273 g/mol. The minimum absolute atomic E-state index is 0.431. The topological polar surface area (TPSA) is 48.7 Å². The highest BCUT2D eigenvalue weighted by Crippen LogP contribution is 2.23. The number of hydrogen-bond acceptors (Lipinski definition) is 3. The number of nitriles is 1. The predicted molar refractivity (Wildman–Crippen MR) is 85.0 cm³/mol. The summed E-state index contributed by atoms with van der Waals surface area (Å²) >= 11 is 0. The van der Waals surface area contributed by atoms with Crippen LogP contribution in [0.15, 0.2) is 54.6 Å². The third-order valence-electron chi connectivity index (χ3n) is 3.40. The van der Waals surface area contributed by atoms with Gasteiger partial charge in [0.1, 0.15) is 11.8 Å². The minimum Gasteiger partial charge on any atom is -0.380 e. The van der Waals surface area contributed by atoms with Gasteiger partial charge >= 0.3 is 0 Å². The summed E-state index contributed by atoms with van der Waals surface area (Å²) in [6.45, 7) is 2.81. The molecule has 0 aliphatic rings. The van der Waals surface area contributed by atoms with Crippen LogP contribution in [0.1, 0.15) is 16.8 Å². The molecule has 0 aliphatic carbocycles. The summed E-state index contributed by atoms with van der Waals surface area (Å²) in [6.07, 6.45) is 0. The molecule has 102 valence electrons. The molecule has 3 aromatic rings. The lowest BCUT2D eigenvalue weighted by Crippen LogP contribution is -2.01. The molecule has 1 heterocycles. The van der Waals surface area contributed by atoms with E-state index in [0.29, 0.717) is 5.69 Å². The zero-order valence-electron chi connectivity index (χ0n) is 11.8. The number of nitrogens with one attached hydrogen (secondary N) is 1. The number of fused-ring (bicyclic) bond motifs is 1. The summed E-state index contributed by atoms with van der Waals surface area (Å²) in [5.74, 6) is 0. The van der Waals surface area contributed by atoms with Crippen LogP contribution in [0.3, 0.4) is 0 Å². The van der Waals surface area contributed by atoms with Gasteiger partial charge in [-0.1, -0.05) is 48.0 Å². The fourth-order valence-corrected chi connectivity index (χ4v) is 2.40. The Balaban J connectivity index is 1.94. The van der Waals surface area contributed by atoms with Crippen LogP contribution in [0.5, 0.6) is 0 Å². The second-order valence-electron chi connectivity index (χ2n) is 5.03. The molecule has 0 unspecified atom stereocenters. The highest BCUT2D eigenvalue weighted by Gasteiger charge is 2.05. The molecule has 0 radical (unpaired) electrons. The Hall–Kier alpha value is -2.86. The number of aryl methyl sites for hydroxylation is 1. The fraction of sp³-hybridized carbons (Fsp3) is 0.111. The molecular formula is C18H15N3. The van der Waals surface area contributed by atoms with Crippen molar-refractivity contribution in [1.82, 2.24) is 4.98 Å². The number of anilines is 1. The van der Waals surface area contributed by atoms with Crippen LogP contribution >= 0.6 is 0 Å². The first-order chi connectivity index (χ1) is 10.3. The molecule has 3 nitrogen and oxygen atoms in total. The van der Waals surface area contributed by atoms with Gasteiger partial charge in [0.15, 0.2) is 0 Å². The van der Waals surface area contributed by atoms with Crippen LogP contribution < -0.4 is 5.32 Å². The lowest BCUT2D eigenvalue weighted by molar-refractivity contribution is 1.14. The third-order valence-corrected chi connectivity index (χ3v) is 3.40. The van der Waals surface area contributed by atoms with Crippen LogP contribution in [-0.2, 0) is 6.54 Å². The van der Waals surface area contributed by atoms with Gasteiger partial charge in [-0.2, -0.15) is 5.26 Å². The Morgan fingerprint density at radius 1 is 1.10 bits per heavy atom. The van der Waals surface area contributed by atoms with E-state index in [2.05, 4.69) is 47.6 Å². The van der Waals surface area contributed by atoms with E-state index in [4.69, 9.17) is 5.26 Å². The van der Waals surface area contributed by atoms with Gasteiger partial charge in [0, 0.05) is 17.6 Å². The number of pyridine rings is 1. The second kappa shape index (κ2) is 5.64. The van der Waals surface area contributed by atoms with Gasteiger partial charge in [-0.3, -0.25) is 0 Å². The van der Waals surface area contributed by atoms with E-state index in [9.17, 15) is 0 Å². The SMILES string of the molecule is Cc1cccc(CNc2cc(C#N)nc3ccccc23)c1. The Labute approximate surface area is 123 Å². The number of nitrogens with zero attached hydrogens (tertiary/aromatic N) is 2. The number of benzene rings is 2. The molecule has 0 saturated heterocycles. The molecular weight excluding hydrogens is 258 g/mol. The number of rotatable bonds is 3. The van der Waals surface area contributed by atoms with E-state index in [0.717, 1.165) is 23.1 Å². The van der Waals surface area contributed by atoms with Crippen LogP contribution in [0.25, 0.3) is 10.9 Å². The molecule has 3 heteroatoms. The zero-order valence-corrected chi connectivity index (χ0v) is 11.8. The van der Waals surface area contributed by atoms with Crippen molar-refractivity contribution in [3.8, 4) is 6.07 Å². The molecule has 1 aromatic heterocycles. The Morgan fingerprint density at radius 2 is 1.95 bits per heavy atom. The van der Waals surface area contributed by atoms with Crippen molar-refractivity contribution < 1.29 is 0 Å². The maximum Gasteiger partial charge on any atom is 0.143 e. The van der Waals surface area contributed by atoms with Crippen molar-refractivity contribution in [2.75, 3.05) is 5.32 Å². The van der Waals surface area contributed by atoms with Gasteiger partial charge in [-0.25, -0.2) is 4.98 Å². The molecule has 0 spiro atoms. The zero-order chi connectivity index (χ0) is 14.7. The summed E-state index contributed by atoms with van der Waals surface area (Å²) in [4.78, 5) is 4.32. The number of hydrogen-bond donors (Lipinski definition) is 1. The number of para-hydroxylation sites is 1. The maximum atomic E-state index is 9.10. The smallest absolute Gasteiger partial charge is 0.143 e. The van der Waals surface area contributed by atoms with Crippen LogP contribution in [0.4, 0.5) is 5.69 Å². The van der Waals surface area contributed by atoms with E-state index in [1.165, 1.54) is 11.1 Å². The lowest BCUT2D eigenvalue weighted by Gasteiger charge is -2.10. The summed E-state index contributed by atoms with van der Waals surface area (Å²) in [7, 11) is 0. The Morgan fingerprint density at radius 3 is 2.76 bits per heavy atom. The monoisotopic (exact) mass is 273 g/mol. The Kier molecular flexibility index (Phi) is 3.53. The molecule has 0 amide bonds. The molecule has 1 N–H and O–H groups in total. The van der Waals surface area contributed by atoms with Gasteiger partial charge in [0.2, 0.25) is 0 Å². The van der Waals surface area contributed by atoms with Gasteiger partial charge in [-0.05, 0) is 24.6 Å². The molecule has 3 rings (SSSR count). The lowest BCUT2D eigenvalue weighted by atomic mass is 10.1. The first kappa shape index (κ1) is 13.1. The molecule has 2 aromatic carbocycles. The van der Waals surface area contributed by atoms with Crippen molar-refractivity contribution in [1.29, 1.82) is 5.26 Å². The van der Waals surface area contributed by atoms with Crippen LogP contribution in [0.2, 0.25) is 0 Å². The van der Waals surface area contributed by atoms with E-state index in [1.807, 2.05) is 24.3 Å². The summed E-state index contributed by atoms with van der Waals surface area (Å²) in [5, 5.41) is 13.5. The van der Waals surface area contributed by atoms with Gasteiger partial charge in [0.25, 0.3) is 0 Å². The maximum absolute atomic E-state index is 9.10. The van der Waals surface area contributed by atoms with Crippen molar-refractivity contribution >= 4 is 16.6 Å². The molecule has 0 saturated carbocycles. The number of aromatic nitrogens is 1. The largest absolute Gasteiger partial charge is 0.380 e. The molecule has 21 heavy (non-hydrogen) atoms. The highest BCUT2D eigenvalue weighted by molar-refractivity contribution is 5.91. The van der Waals surface area contributed by atoms with E-state index >= 15 is 0 Å².